The maximum atomic E-state index is 13.0. The molecule has 0 aliphatic rings. The summed E-state index contributed by atoms with van der Waals surface area (Å²) in [6.07, 6.45) is -1.98. The van der Waals surface area contributed by atoms with Crippen molar-refractivity contribution in [1.82, 2.24) is 9.97 Å². The van der Waals surface area contributed by atoms with Crippen LogP contribution in [0, 0.1) is 0 Å². The molecule has 0 fully saturated rings. The van der Waals surface area contributed by atoms with E-state index >= 15 is 0 Å². The molecule has 0 aliphatic heterocycles. The number of hydrogen-bond donors (Lipinski definition) is 1. The summed E-state index contributed by atoms with van der Waals surface area (Å²) in [6, 6.07) is 17.0. The highest BCUT2D eigenvalue weighted by Gasteiger charge is 2.30. The van der Waals surface area contributed by atoms with Gasteiger partial charge in [-0.15, -0.1) is 0 Å². The Morgan fingerprint density at radius 3 is 2.50 bits per heavy atom. The number of benzene rings is 3. The fraction of sp³-hybridized carbons (Fsp3) is 0.0741. The highest BCUT2D eigenvalue weighted by Crippen LogP contribution is 2.32. The third kappa shape index (κ3) is 6.40. The maximum absolute atomic E-state index is 13.0. The van der Waals surface area contributed by atoms with E-state index in [2.05, 4.69) is 20.3 Å². The minimum absolute atomic E-state index is 0.176. The minimum atomic E-state index is -4.47. The molecular weight excluding hydrogens is 521 g/mol. The Morgan fingerprint density at radius 1 is 0.974 bits per heavy atom. The molecule has 1 N–H and O–H groups in total. The van der Waals surface area contributed by atoms with E-state index in [0.29, 0.717) is 22.0 Å². The van der Waals surface area contributed by atoms with Crippen LogP contribution in [0.3, 0.4) is 0 Å². The molecule has 0 saturated carbocycles. The summed E-state index contributed by atoms with van der Waals surface area (Å²) < 4.78 is 43.7. The summed E-state index contributed by atoms with van der Waals surface area (Å²) in [4.78, 5) is 37.2. The zero-order valence-corrected chi connectivity index (χ0v) is 20.4. The molecule has 192 valence electrons. The second kappa shape index (κ2) is 11.2. The van der Waals surface area contributed by atoms with Gasteiger partial charge in [0.1, 0.15) is 6.33 Å². The maximum Gasteiger partial charge on any atom is 0.416 e. The quantitative estimate of drug-likeness (QED) is 0.220. The monoisotopic (exact) mass is 538 g/mol. The van der Waals surface area contributed by atoms with E-state index in [-0.39, 0.29) is 22.5 Å². The van der Waals surface area contributed by atoms with Crippen molar-refractivity contribution in [2.75, 3.05) is 12.4 Å². The molecule has 0 unspecified atom stereocenters. The Morgan fingerprint density at radius 2 is 1.74 bits per heavy atom. The third-order valence-electron chi connectivity index (χ3n) is 5.26. The molecule has 1 aromatic heterocycles. The van der Waals surface area contributed by atoms with Crippen molar-refractivity contribution < 1.29 is 27.5 Å². The number of ether oxygens (including phenoxy) is 1. The van der Waals surface area contributed by atoms with Crippen LogP contribution in [0.25, 0.3) is 11.3 Å². The van der Waals surface area contributed by atoms with Gasteiger partial charge in [-0.05, 0) is 54.1 Å². The van der Waals surface area contributed by atoms with Gasteiger partial charge in [-0.2, -0.15) is 13.2 Å². The summed E-state index contributed by atoms with van der Waals surface area (Å²) in [5, 5.41) is 3.15. The molecule has 0 atom stereocenters. The molecule has 4 aromatic rings. The standard InChI is InChI=1S/C27H18ClF3N4O3/c1-38-26(37)18-6-3-5-17(11-18)25(36)35-22-9-8-20(28)12-21(22)23-13-24(34-15-33-23)32-14-16-4-2-7-19(10-16)27(29,30)31/h2-15H,1H3,(H,35,36). The molecule has 11 heteroatoms. The number of esters is 1. The summed E-state index contributed by atoms with van der Waals surface area (Å²) in [6.45, 7) is 0. The van der Waals surface area contributed by atoms with Gasteiger partial charge in [0.2, 0.25) is 0 Å². The number of halogens is 4. The number of nitrogens with zero attached hydrogens (tertiary/aromatic N) is 3. The molecule has 1 amide bonds. The molecule has 1 heterocycles. The number of amides is 1. The highest BCUT2D eigenvalue weighted by atomic mass is 35.5. The zero-order chi connectivity index (χ0) is 27.3. The lowest BCUT2D eigenvalue weighted by Crippen LogP contribution is -2.14. The molecule has 0 radical (unpaired) electrons. The van der Waals surface area contributed by atoms with Gasteiger partial charge in [0, 0.05) is 28.4 Å². The lowest BCUT2D eigenvalue weighted by Gasteiger charge is -2.12. The van der Waals surface area contributed by atoms with Gasteiger partial charge in [-0.1, -0.05) is 29.8 Å². The number of nitrogens with one attached hydrogen (secondary N) is 1. The normalized spacial score (nSPS) is 11.4. The fourth-order valence-corrected chi connectivity index (χ4v) is 3.61. The van der Waals surface area contributed by atoms with Crippen molar-refractivity contribution >= 4 is 41.2 Å². The van der Waals surface area contributed by atoms with Gasteiger partial charge in [0.15, 0.2) is 5.82 Å². The number of anilines is 1. The van der Waals surface area contributed by atoms with Crippen molar-refractivity contribution in [3.8, 4) is 11.3 Å². The molecule has 7 nitrogen and oxygen atoms in total. The first-order valence-electron chi connectivity index (χ1n) is 11.0. The summed E-state index contributed by atoms with van der Waals surface area (Å²) in [5.74, 6) is -0.891. The van der Waals surface area contributed by atoms with Gasteiger partial charge >= 0.3 is 12.1 Å². The van der Waals surface area contributed by atoms with Crippen LogP contribution in [0.5, 0.6) is 0 Å². The van der Waals surface area contributed by atoms with Gasteiger partial charge < -0.3 is 10.1 Å². The number of rotatable bonds is 6. The highest BCUT2D eigenvalue weighted by molar-refractivity contribution is 6.31. The van der Waals surface area contributed by atoms with Crippen LogP contribution in [-0.2, 0) is 10.9 Å². The Kier molecular flexibility index (Phi) is 7.82. The van der Waals surface area contributed by atoms with E-state index in [0.717, 1.165) is 12.1 Å². The molecule has 4 rings (SSSR count). The summed E-state index contributed by atoms with van der Waals surface area (Å²) in [5.41, 5.74) is 1.07. The van der Waals surface area contributed by atoms with Crippen LogP contribution in [0.15, 0.2) is 84.1 Å². The van der Waals surface area contributed by atoms with Gasteiger partial charge in [0.25, 0.3) is 5.91 Å². The fourth-order valence-electron chi connectivity index (χ4n) is 3.44. The van der Waals surface area contributed by atoms with Crippen LogP contribution in [0.1, 0.15) is 31.8 Å². The van der Waals surface area contributed by atoms with Crippen molar-refractivity contribution in [3.63, 3.8) is 0 Å². The van der Waals surface area contributed by atoms with Crippen molar-refractivity contribution in [2.45, 2.75) is 6.18 Å². The smallest absolute Gasteiger partial charge is 0.416 e. The van der Waals surface area contributed by atoms with E-state index in [4.69, 9.17) is 16.3 Å². The minimum Gasteiger partial charge on any atom is -0.465 e. The summed E-state index contributed by atoms with van der Waals surface area (Å²) in [7, 11) is 1.24. The predicted molar refractivity (Wildman–Crippen MR) is 137 cm³/mol. The van der Waals surface area contributed by atoms with E-state index < -0.39 is 23.6 Å². The average Bonchev–Trinajstić information content (AvgIpc) is 2.92. The molecule has 38 heavy (non-hydrogen) atoms. The second-order valence-electron chi connectivity index (χ2n) is 7.86. The van der Waals surface area contributed by atoms with Crippen LogP contribution in [-0.4, -0.2) is 35.2 Å². The van der Waals surface area contributed by atoms with Crippen LogP contribution < -0.4 is 5.32 Å². The number of carbonyl (C=O) groups excluding carboxylic acids is 2. The van der Waals surface area contributed by atoms with Crippen LogP contribution in [0.2, 0.25) is 5.02 Å². The third-order valence-corrected chi connectivity index (χ3v) is 5.50. The largest absolute Gasteiger partial charge is 0.465 e. The molecule has 0 saturated heterocycles. The van der Waals surface area contributed by atoms with E-state index in [9.17, 15) is 22.8 Å². The first-order chi connectivity index (χ1) is 18.1. The van der Waals surface area contributed by atoms with Gasteiger partial charge in [-0.25, -0.2) is 19.8 Å². The van der Waals surface area contributed by atoms with Crippen molar-refractivity contribution in [2.24, 2.45) is 4.99 Å². The molecule has 0 bridgehead atoms. The van der Waals surface area contributed by atoms with E-state index in [1.54, 1.807) is 30.3 Å². The lowest BCUT2D eigenvalue weighted by molar-refractivity contribution is -0.137. The number of aliphatic imine (C=N–C) groups is 1. The number of hydrogen-bond acceptors (Lipinski definition) is 6. The van der Waals surface area contributed by atoms with Crippen molar-refractivity contribution in [3.05, 3.63) is 106 Å². The van der Waals surface area contributed by atoms with E-state index in [1.165, 1.54) is 50.0 Å². The van der Waals surface area contributed by atoms with Crippen molar-refractivity contribution in [1.29, 1.82) is 0 Å². The second-order valence-corrected chi connectivity index (χ2v) is 8.30. The Bertz CT molecular complexity index is 1540. The predicted octanol–water partition coefficient (Wildman–Crippen LogP) is 6.61. The Labute approximate surface area is 220 Å². The number of alkyl halides is 3. The topological polar surface area (TPSA) is 93.5 Å². The Hall–Kier alpha value is -4.57. The first kappa shape index (κ1) is 26.5. The molecule has 0 spiro atoms. The zero-order valence-electron chi connectivity index (χ0n) is 19.7. The molecule has 0 aliphatic carbocycles. The van der Waals surface area contributed by atoms with Crippen LogP contribution >= 0.6 is 11.6 Å². The number of carbonyl (C=O) groups is 2. The van der Waals surface area contributed by atoms with Gasteiger partial charge in [0.05, 0.1) is 29.6 Å². The van der Waals surface area contributed by atoms with Crippen LogP contribution in [0.4, 0.5) is 24.7 Å². The summed E-state index contributed by atoms with van der Waals surface area (Å²) >= 11 is 6.20. The average molecular weight is 539 g/mol. The Balaban J connectivity index is 1.61. The van der Waals surface area contributed by atoms with E-state index in [1.807, 2.05) is 0 Å². The van der Waals surface area contributed by atoms with Gasteiger partial charge in [-0.3, -0.25) is 4.79 Å². The number of aromatic nitrogens is 2. The lowest BCUT2D eigenvalue weighted by atomic mass is 10.1. The first-order valence-corrected chi connectivity index (χ1v) is 11.3. The molecule has 3 aromatic carbocycles. The SMILES string of the molecule is COC(=O)c1cccc(C(=O)Nc2ccc(Cl)cc2-c2cc(N=Cc3cccc(C(F)(F)F)c3)ncn2)c1. The number of methoxy groups -OCH3 is 1. The molecular formula is C27H18ClF3N4O3.